The summed E-state index contributed by atoms with van der Waals surface area (Å²) in [6.07, 6.45) is 6.37. The molecule has 1 N–H and O–H groups in total. The summed E-state index contributed by atoms with van der Waals surface area (Å²) in [5, 5.41) is 2.94. The molecule has 0 aliphatic carbocycles. The Kier molecular flexibility index (Phi) is 6.24. The van der Waals surface area contributed by atoms with Crippen LogP contribution in [0.4, 0.5) is 0 Å². The van der Waals surface area contributed by atoms with Crippen LogP contribution in [-0.2, 0) is 17.8 Å². The Morgan fingerprint density at radius 3 is 2.37 bits per heavy atom. The number of likely N-dealkylation sites (tertiary alicyclic amines) is 1. The van der Waals surface area contributed by atoms with Gasteiger partial charge in [-0.25, -0.2) is 0 Å². The molecule has 4 rings (SSSR count). The van der Waals surface area contributed by atoms with Crippen LogP contribution in [0, 0.1) is 5.41 Å². The average molecular weight is 400 g/mol. The van der Waals surface area contributed by atoms with Crippen molar-refractivity contribution in [1.29, 1.82) is 0 Å². The Labute approximate surface area is 179 Å². The fourth-order valence-electron chi connectivity index (χ4n) is 4.62. The van der Waals surface area contributed by atoms with E-state index in [1.165, 1.54) is 22.3 Å². The number of carbonyl (C=O) groups excluding carboxylic acids is 1. The first-order valence-corrected chi connectivity index (χ1v) is 10.7. The molecule has 4 nitrogen and oxygen atoms in total. The first kappa shape index (κ1) is 20.3. The van der Waals surface area contributed by atoms with Gasteiger partial charge in [0.25, 0.3) is 0 Å². The number of aromatic nitrogens is 1. The first-order valence-electron chi connectivity index (χ1n) is 10.7. The zero-order valence-corrected chi connectivity index (χ0v) is 17.6. The second kappa shape index (κ2) is 9.23. The second-order valence-electron chi connectivity index (χ2n) is 8.27. The van der Waals surface area contributed by atoms with E-state index < -0.39 is 5.41 Å². The molecule has 30 heavy (non-hydrogen) atoms. The summed E-state index contributed by atoms with van der Waals surface area (Å²) < 4.78 is 0. The predicted octanol–water partition coefficient (Wildman–Crippen LogP) is 4.32. The molecule has 0 unspecified atom stereocenters. The summed E-state index contributed by atoms with van der Waals surface area (Å²) in [5.41, 5.74) is 4.48. The van der Waals surface area contributed by atoms with Crippen LogP contribution in [0.15, 0.2) is 79.1 Å². The van der Waals surface area contributed by atoms with Gasteiger partial charge in [-0.2, -0.15) is 0 Å². The van der Waals surface area contributed by atoms with Gasteiger partial charge in [0, 0.05) is 32.5 Å². The molecule has 1 aliphatic heterocycles. The Morgan fingerprint density at radius 1 is 0.967 bits per heavy atom. The SMILES string of the molecule is CNC(=O)[C@]1(Cc2ccc(-c3ccccc3)cc2)CCCN(Cc2ccncc2)C1. The summed E-state index contributed by atoms with van der Waals surface area (Å²) >= 11 is 0. The molecule has 1 fully saturated rings. The molecule has 1 atom stereocenters. The zero-order chi connectivity index (χ0) is 20.8. The number of amides is 1. The molecule has 0 spiro atoms. The standard InChI is InChI=1S/C26H29N3O/c1-27-25(30)26(14-5-17-29(20-26)19-22-12-15-28-16-13-22)18-21-8-10-24(11-9-21)23-6-3-2-4-7-23/h2-4,6-13,15-16H,5,14,17-20H2,1H3,(H,27,30)/t26-/m0/s1. The van der Waals surface area contributed by atoms with Crippen LogP contribution in [0.25, 0.3) is 11.1 Å². The maximum absolute atomic E-state index is 13.0. The van der Waals surface area contributed by atoms with Gasteiger partial charge in [-0.15, -0.1) is 0 Å². The molecule has 4 heteroatoms. The lowest BCUT2D eigenvalue weighted by molar-refractivity contribution is -0.134. The highest BCUT2D eigenvalue weighted by Gasteiger charge is 2.41. The van der Waals surface area contributed by atoms with Gasteiger partial charge in [0.05, 0.1) is 5.41 Å². The smallest absolute Gasteiger partial charge is 0.227 e. The highest BCUT2D eigenvalue weighted by atomic mass is 16.2. The number of piperidine rings is 1. The normalized spacial score (nSPS) is 19.4. The lowest BCUT2D eigenvalue weighted by Gasteiger charge is -2.41. The molecule has 2 aromatic carbocycles. The van der Waals surface area contributed by atoms with Gasteiger partial charge < -0.3 is 5.32 Å². The minimum absolute atomic E-state index is 0.147. The van der Waals surface area contributed by atoms with Crippen LogP contribution in [0.3, 0.4) is 0 Å². The van der Waals surface area contributed by atoms with Crippen molar-refractivity contribution >= 4 is 5.91 Å². The summed E-state index contributed by atoms with van der Waals surface area (Å²) in [7, 11) is 1.75. The molecular formula is C26H29N3O. The summed E-state index contributed by atoms with van der Waals surface area (Å²) in [4.78, 5) is 19.6. The Balaban J connectivity index is 1.52. The van der Waals surface area contributed by atoms with E-state index in [-0.39, 0.29) is 5.91 Å². The summed E-state index contributed by atoms with van der Waals surface area (Å²) in [6.45, 7) is 2.65. The lowest BCUT2D eigenvalue weighted by Crippen LogP contribution is -2.52. The van der Waals surface area contributed by atoms with Gasteiger partial charge in [-0.05, 0) is 60.2 Å². The van der Waals surface area contributed by atoms with Crippen LogP contribution >= 0.6 is 0 Å². The molecule has 1 amide bonds. The maximum Gasteiger partial charge on any atom is 0.227 e. The van der Waals surface area contributed by atoms with Crippen molar-refractivity contribution in [1.82, 2.24) is 15.2 Å². The first-order chi connectivity index (χ1) is 14.7. The number of nitrogens with one attached hydrogen (secondary N) is 1. The maximum atomic E-state index is 13.0. The van der Waals surface area contributed by atoms with Crippen molar-refractivity contribution in [3.63, 3.8) is 0 Å². The fourth-order valence-corrected chi connectivity index (χ4v) is 4.62. The number of pyridine rings is 1. The largest absolute Gasteiger partial charge is 0.359 e. The molecule has 154 valence electrons. The predicted molar refractivity (Wildman–Crippen MR) is 121 cm³/mol. The van der Waals surface area contributed by atoms with Crippen molar-refractivity contribution in [2.24, 2.45) is 5.41 Å². The molecule has 0 radical (unpaired) electrons. The van der Waals surface area contributed by atoms with E-state index in [1.807, 2.05) is 18.5 Å². The van der Waals surface area contributed by atoms with Crippen LogP contribution in [0.2, 0.25) is 0 Å². The zero-order valence-electron chi connectivity index (χ0n) is 17.6. The number of rotatable bonds is 6. The molecular weight excluding hydrogens is 370 g/mol. The molecule has 1 aromatic heterocycles. The quantitative estimate of drug-likeness (QED) is 0.671. The van der Waals surface area contributed by atoms with Crippen molar-refractivity contribution in [2.75, 3.05) is 20.1 Å². The van der Waals surface area contributed by atoms with E-state index >= 15 is 0 Å². The van der Waals surface area contributed by atoms with Gasteiger partial charge in [0.2, 0.25) is 5.91 Å². The van der Waals surface area contributed by atoms with Crippen LogP contribution in [0.1, 0.15) is 24.0 Å². The molecule has 1 saturated heterocycles. The van der Waals surface area contributed by atoms with E-state index in [0.717, 1.165) is 38.9 Å². The minimum Gasteiger partial charge on any atom is -0.359 e. The highest BCUT2D eigenvalue weighted by molar-refractivity contribution is 5.83. The Hall–Kier alpha value is -2.98. The molecule has 3 aromatic rings. The third-order valence-electron chi connectivity index (χ3n) is 6.12. The lowest BCUT2D eigenvalue weighted by atomic mass is 9.74. The van der Waals surface area contributed by atoms with E-state index in [9.17, 15) is 4.79 Å². The number of nitrogens with zero attached hydrogens (tertiary/aromatic N) is 2. The highest BCUT2D eigenvalue weighted by Crippen LogP contribution is 2.35. The Bertz CT molecular complexity index is 957. The third kappa shape index (κ3) is 4.60. The van der Waals surface area contributed by atoms with Crippen molar-refractivity contribution in [3.8, 4) is 11.1 Å². The van der Waals surface area contributed by atoms with Crippen LogP contribution in [0.5, 0.6) is 0 Å². The van der Waals surface area contributed by atoms with E-state index in [1.54, 1.807) is 7.05 Å². The van der Waals surface area contributed by atoms with Gasteiger partial charge in [0.15, 0.2) is 0 Å². The van der Waals surface area contributed by atoms with E-state index in [2.05, 4.69) is 75.9 Å². The minimum atomic E-state index is -0.395. The van der Waals surface area contributed by atoms with Crippen molar-refractivity contribution in [2.45, 2.75) is 25.8 Å². The van der Waals surface area contributed by atoms with E-state index in [4.69, 9.17) is 0 Å². The summed E-state index contributed by atoms with van der Waals surface area (Å²) in [6, 6.07) is 23.2. The van der Waals surface area contributed by atoms with Gasteiger partial charge >= 0.3 is 0 Å². The Morgan fingerprint density at radius 2 is 1.67 bits per heavy atom. The average Bonchev–Trinajstić information content (AvgIpc) is 2.80. The fraction of sp³-hybridized carbons (Fsp3) is 0.308. The topological polar surface area (TPSA) is 45.2 Å². The number of hydrogen-bond donors (Lipinski definition) is 1. The third-order valence-corrected chi connectivity index (χ3v) is 6.12. The van der Waals surface area contributed by atoms with Crippen molar-refractivity contribution in [3.05, 3.63) is 90.3 Å². The van der Waals surface area contributed by atoms with E-state index in [0.29, 0.717) is 0 Å². The summed E-state index contributed by atoms with van der Waals surface area (Å²) in [5.74, 6) is 0.147. The monoisotopic (exact) mass is 399 g/mol. The molecule has 0 saturated carbocycles. The van der Waals surface area contributed by atoms with Crippen molar-refractivity contribution < 1.29 is 4.79 Å². The van der Waals surface area contributed by atoms with Crippen LogP contribution in [-0.4, -0.2) is 35.9 Å². The van der Waals surface area contributed by atoms with Crippen LogP contribution < -0.4 is 5.32 Å². The number of benzene rings is 2. The molecule has 0 bridgehead atoms. The van der Waals surface area contributed by atoms with Gasteiger partial charge in [-0.1, -0.05) is 54.6 Å². The number of carbonyl (C=O) groups is 1. The van der Waals surface area contributed by atoms with Gasteiger partial charge in [-0.3, -0.25) is 14.7 Å². The second-order valence-corrected chi connectivity index (χ2v) is 8.27. The molecule has 1 aliphatic rings. The van der Waals surface area contributed by atoms with Gasteiger partial charge in [0.1, 0.15) is 0 Å². The number of hydrogen-bond acceptors (Lipinski definition) is 3. The molecule has 2 heterocycles.